The third kappa shape index (κ3) is 2.61. The Labute approximate surface area is 122 Å². The van der Waals surface area contributed by atoms with E-state index in [9.17, 15) is 13.2 Å². The molecule has 5 nitrogen and oxygen atoms in total. The maximum Gasteiger partial charge on any atom is 1.00 e. The van der Waals surface area contributed by atoms with E-state index in [0.29, 0.717) is 10.9 Å². The van der Waals surface area contributed by atoms with Gasteiger partial charge in [0.2, 0.25) is 5.91 Å². The van der Waals surface area contributed by atoms with E-state index in [1.807, 2.05) is 0 Å². The van der Waals surface area contributed by atoms with Crippen LogP contribution in [0.3, 0.4) is 0 Å². The molecule has 1 aromatic carbocycles. The minimum absolute atomic E-state index is 0. The summed E-state index contributed by atoms with van der Waals surface area (Å²) < 4.78 is 32.2. The van der Waals surface area contributed by atoms with E-state index in [1.54, 1.807) is 24.3 Å². The first kappa shape index (κ1) is 14.4. The van der Waals surface area contributed by atoms with Crippen molar-refractivity contribution < 1.29 is 48.7 Å². The molecule has 1 aromatic heterocycles. The van der Waals surface area contributed by atoms with Gasteiger partial charge in [-0.05, 0) is 12.1 Å². The normalized spacial score (nSPS) is 11.2. The van der Waals surface area contributed by atoms with E-state index in [1.165, 1.54) is 13.0 Å². The topological polar surface area (TPSA) is 76.4 Å². The summed E-state index contributed by atoms with van der Waals surface area (Å²) in [7, 11) is -4.40. The van der Waals surface area contributed by atoms with Crippen LogP contribution in [0.5, 0.6) is 0 Å². The maximum atomic E-state index is 11.4. The average molecular weight is 263 g/mol. The molecule has 1 heterocycles. The van der Waals surface area contributed by atoms with Crippen molar-refractivity contribution in [3.63, 3.8) is 0 Å². The molecule has 7 heteroatoms. The number of nitrogens with zero attached hydrogens (tertiary/aromatic N) is 1. The SMILES string of the molecule is CC(=O)n1c(S(=O)(=O)O)cc2ccccc21.[H-].[Na+]. The van der Waals surface area contributed by atoms with Gasteiger partial charge in [-0.2, -0.15) is 8.42 Å². The molecule has 0 unspecified atom stereocenters. The molecule has 0 aliphatic carbocycles. The Hall–Kier alpha value is -0.660. The first-order valence-electron chi connectivity index (χ1n) is 4.50. The smallest absolute Gasteiger partial charge is 1.00 e. The minimum Gasteiger partial charge on any atom is -1.00 e. The van der Waals surface area contributed by atoms with Gasteiger partial charge < -0.3 is 1.43 Å². The molecule has 0 bridgehead atoms. The molecule has 0 radical (unpaired) electrons. The standard InChI is InChI=1S/C10H9NO4S.Na.H/c1-7(12)11-9-5-3-2-4-8(9)6-10(11)16(13,14)15;;/h2-6H,1H3,(H,13,14,15);;/q;+1;-1. The van der Waals surface area contributed by atoms with Gasteiger partial charge in [-0.3, -0.25) is 13.9 Å². The molecule has 0 fully saturated rings. The number of hydrogen-bond acceptors (Lipinski definition) is 3. The molecule has 2 aromatic rings. The molecule has 1 N–H and O–H groups in total. The van der Waals surface area contributed by atoms with Crippen LogP contribution in [0, 0.1) is 0 Å². The summed E-state index contributed by atoms with van der Waals surface area (Å²) in [6, 6.07) is 7.97. The summed E-state index contributed by atoms with van der Waals surface area (Å²) in [6.45, 7) is 1.24. The van der Waals surface area contributed by atoms with Gasteiger partial charge in [-0.25, -0.2) is 0 Å². The van der Waals surface area contributed by atoms with E-state index in [0.717, 1.165) is 4.57 Å². The van der Waals surface area contributed by atoms with Crippen LogP contribution in [0.4, 0.5) is 0 Å². The van der Waals surface area contributed by atoms with Crippen LogP contribution in [-0.4, -0.2) is 23.4 Å². The predicted molar refractivity (Wildman–Crippen MR) is 59.2 cm³/mol. The van der Waals surface area contributed by atoms with Crippen molar-refractivity contribution in [1.29, 1.82) is 0 Å². The first-order chi connectivity index (χ1) is 7.41. The van der Waals surface area contributed by atoms with Crippen LogP contribution < -0.4 is 29.6 Å². The number of carbonyl (C=O) groups excluding carboxylic acids is 1. The van der Waals surface area contributed by atoms with Crippen molar-refractivity contribution in [2.45, 2.75) is 11.9 Å². The Morgan fingerprint density at radius 2 is 1.94 bits per heavy atom. The number of hydrogen-bond donors (Lipinski definition) is 1. The second-order valence-electron chi connectivity index (χ2n) is 3.37. The van der Waals surface area contributed by atoms with Crippen molar-refractivity contribution >= 4 is 26.9 Å². The Morgan fingerprint density at radius 3 is 2.47 bits per heavy atom. The third-order valence-corrected chi connectivity index (χ3v) is 3.09. The number of benzene rings is 1. The quantitative estimate of drug-likeness (QED) is 0.510. The van der Waals surface area contributed by atoms with Crippen molar-refractivity contribution in [1.82, 2.24) is 4.57 Å². The van der Waals surface area contributed by atoms with Crippen LogP contribution in [-0.2, 0) is 10.1 Å². The zero-order valence-corrected chi connectivity index (χ0v) is 12.2. The van der Waals surface area contributed by atoms with E-state index in [4.69, 9.17) is 4.55 Å². The fraction of sp³-hybridized carbons (Fsp3) is 0.100. The third-order valence-electron chi connectivity index (χ3n) is 2.26. The van der Waals surface area contributed by atoms with E-state index < -0.39 is 21.1 Å². The Balaban J connectivity index is 0.00000144. The molecular weight excluding hydrogens is 253 g/mol. The fourth-order valence-electron chi connectivity index (χ4n) is 1.64. The second kappa shape index (κ2) is 4.91. The summed E-state index contributed by atoms with van der Waals surface area (Å²) in [4.78, 5) is 11.4. The van der Waals surface area contributed by atoms with Crippen LogP contribution >= 0.6 is 0 Å². The Bertz CT molecular complexity index is 680. The molecule has 86 valence electrons. The first-order valence-corrected chi connectivity index (χ1v) is 5.94. The molecular formula is C10H10NNaO4S. The summed E-state index contributed by atoms with van der Waals surface area (Å²) in [5.41, 5.74) is 0.461. The number of para-hydroxylation sites is 1. The van der Waals surface area contributed by atoms with Gasteiger partial charge in [0.05, 0.1) is 5.52 Å². The summed E-state index contributed by atoms with van der Waals surface area (Å²) in [6.07, 6.45) is 0. The monoisotopic (exact) mass is 263 g/mol. The van der Waals surface area contributed by atoms with Crippen LogP contribution in [0.15, 0.2) is 35.4 Å². The maximum absolute atomic E-state index is 11.4. The zero-order chi connectivity index (χ0) is 11.9. The summed E-state index contributed by atoms with van der Waals surface area (Å²) in [5.74, 6) is -0.464. The zero-order valence-electron chi connectivity index (χ0n) is 10.4. The number of fused-ring (bicyclic) bond motifs is 1. The summed E-state index contributed by atoms with van der Waals surface area (Å²) >= 11 is 0. The van der Waals surface area contributed by atoms with Crippen molar-refractivity contribution in [2.75, 3.05) is 0 Å². The number of carbonyl (C=O) groups is 1. The molecule has 0 aliphatic heterocycles. The molecule has 0 atom stereocenters. The van der Waals surface area contributed by atoms with Gasteiger partial charge in [0, 0.05) is 12.3 Å². The van der Waals surface area contributed by atoms with Crippen molar-refractivity contribution in [2.24, 2.45) is 0 Å². The van der Waals surface area contributed by atoms with E-state index >= 15 is 0 Å². The number of aromatic nitrogens is 1. The Kier molecular flexibility index (Phi) is 4.16. The van der Waals surface area contributed by atoms with Gasteiger partial charge >= 0.3 is 39.7 Å². The molecule has 0 spiro atoms. The van der Waals surface area contributed by atoms with E-state index in [2.05, 4.69) is 0 Å². The van der Waals surface area contributed by atoms with Gasteiger partial charge in [0.25, 0.3) is 0 Å². The van der Waals surface area contributed by atoms with Crippen LogP contribution in [0.1, 0.15) is 13.1 Å². The van der Waals surface area contributed by atoms with Gasteiger partial charge in [-0.15, -0.1) is 0 Å². The molecule has 0 saturated heterocycles. The molecule has 2 rings (SSSR count). The van der Waals surface area contributed by atoms with Crippen LogP contribution in [0.25, 0.3) is 10.9 Å². The Morgan fingerprint density at radius 1 is 1.35 bits per heavy atom. The molecule has 0 aliphatic rings. The largest absolute Gasteiger partial charge is 1.00 e. The fourth-order valence-corrected chi connectivity index (χ4v) is 2.38. The average Bonchev–Trinajstić information content (AvgIpc) is 2.55. The van der Waals surface area contributed by atoms with E-state index in [-0.39, 0.29) is 31.0 Å². The predicted octanol–water partition coefficient (Wildman–Crippen LogP) is -1.34. The van der Waals surface area contributed by atoms with Crippen molar-refractivity contribution in [3.05, 3.63) is 30.3 Å². The van der Waals surface area contributed by atoms with Crippen molar-refractivity contribution in [3.8, 4) is 0 Å². The molecule has 0 amide bonds. The number of rotatable bonds is 1. The molecule has 0 saturated carbocycles. The van der Waals surface area contributed by atoms with Gasteiger partial charge in [-0.1, -0.05) is 18.2 Å². The summed E-state index contributed by atoms with van der Waals surface area (Å²) in [5, 5.41) is 0.187. The second-order valence-corrected chi connectivity index (χ2v) is 4.74. The minimum atomic E-state index is -4.40. The van der Waals surface area contributed by atoms with Crippen LogP contribution in [0.2, 0.25) is 0 Å². The van der Waals surface area contributed by atoms with Gasteiger partial charge in [0.15, 0.2) is 5.03 Å². The van der Waals surface area contributed by atoms with Gasteiger partial charge in [0.1, 0.15) is 0 Å². The molecule has 17 heavy (non-hydrogen) atoms.